The molecule has 1 rings (SSSR count). The highest BCUT2D eigenvalue weighted by Crippen LogP contribution is 2.12. The van der Waals surface area contributed by atoms with Crippen LogP contribution < -0.4 is 33.2 Å². The van der Waals surface area contributed by atoms with Crippen LogP contribution in [-0.2, 0) is 30.4 Å². The van der Waals surface area contributed by atoms with Crippen molar-refractivity contribution in [3.8, 4) is 5.75 Å². The number of nitrogens with zero attached hydrogens (tertiary/aromatic N) is 1. The smallest absolute Gasteiger partial charge is 0.326 e. The van der Waals surface area contributed by atoms with E-state index in [4.69, 9.17) is 22.3 Å². The number of aliphatic hydroxyl groups is 1. The van der Waals surface area contributed by atoms with Gasteiger partial charge < -0.3 is 53.6 Å². The number of carbonyl (C=O) groups excluding carboxylic acids is 3. The number of rotatable bonds is 16. The molecule has 0 heterocycles. The van der Waals surface area contributed by atoms with E-state index in [-0.39, 0.29) is 37.5 Å². The van der Waals surface area contributed by atoms with Crippen LogP contribution in [0.1, 0.15) is 24.8 Å². The minimum atomic E-state index is -1.59. The molecule has 16 nitrogen and oxygen atoms in total. The van der Waals surface area contributed by atoms with E-state index < -0.39 is 66.9 Å². The summed E-state index contributed by atoms with van der Waals surface area (Å²) in [5.74, 6) is -5.84. The summed E-state index contributed by atoms with van der Waals surface area (Å²) in [5, 5.41) is 44.1. The van der Waals surface area contributed by atoms with Crippen molar-refractivity contribution < 1.29 is 44.4 Å². The Morgan fingerprint density at radius 1 is 0.868 bits per heavy atom. The molecule has 0 radical (unpaired) electrons. The molecule has 0 bridgehead atoms. The maximum absolute atomic E-state index is 13.0. The number of nitrogens with two attached hydrogens (primary N) is 3. The van der Waals surface area contributed by atoms with Gasteiger partial charge in [0, 0.05) is 13.0 Å². The number of benzene rings is 1. The Morgan fingerprint density at radius 3 is 1.95 bits per heavy atom. The first-order valence-corrected chi connectivity index (χ1v) is 11.4. The molecule has 13 N–H and O–H groups in total. The Kier molecular flexibility index (Phi) is 13.0. The molecule has 3 amide bonds. The van der Waals surface area contributed by atoms with E-state index in [1.807, 2.05) is 0 Å². The fourth-order valence-electron chi connectivity index (χ4n) is 3.14. The van der Waals surface area contributed by atoms with Crippen LogP contribution in [0, 0.1) is 0 Å². The summed E-state index contributed by atoms with van der Waals surface area (Å²) in [6.45, 7) is -0.791. The summed E-state index contributed by atoms with van der Waals surface area (Å²) in [6.07, 6.45) is -0.700. The minimum absolute atomic E-state index is 0.0504. The monoisotopic (exact) mass is 539 g/mol. The normalized spacial score (nSPS) is 13.7. The molecule has 210 valence electrons. The predicted octanol–water partition coefficient (Wildman–Crippen LogP) is -3.68. The molecular weight excluding hydrogens is 506 g/mol. The van der Waals surface area contributed by atoms with Crippen molar-refractivity contribution >= 4 is 35.6 Å². The van der Waals surface area contributed by atoms with Gasteiger partial charge in [-0.2, -0.15) is 0 Å². The van der Waals surface area contributed by atoms with Crippen LogP contribution in [0.4, 0.5) is 0 Å². The lowest BCUT2D eigenvalue weighted by molar-refractivity contribution is -0.142. The second-order valence-corrected chi connectivity index (χ2v) is 8.23. The van der Waals surface area contributed by atoms with Crippen molar-refractivity contribution in [2.75, 3.05) is 13.2 Å². The van der Waals surface area contributed by atoms with Gasteiger partial charge in [-0.25, -0.2) is 4.79 Å². The van der Waals surface area contributed by atoms with Crippen molar-refractivity contribution in [2.45, 2.75) is 49.9 Å². The van der Waals surface area contributed by atoms with Crippen LogP contribution in [0.5, 0.6) is 5.75 Å². The Balaban J connectivity index is 2.97. The first kappa shape index (κ1) is 31.6. The molecule has 1 aromatic carbocycles. The highest BCUT2D eigenvalue weighted by atomic mass is 16.4. The SMILES string of the molecule is NC(N)=NCCCC(NC(=O)C(CO)NC(=O)C(Cc1ccc(O)cc1)NC(=O)C(N)CC(=O)O)C(=O)O. The number of carboxylic acids is 2. The van der Waals surface area contributed by atoms with Crippen molar-refractivity contribution in [3.05, 3.63) is 29.8 Å². The Bertz CT molecular complexity index is 1010. The third kappa shape index (κ3) is 11.5. The van der Waals surface area contributed by atoms with E-state index in [0.29, 0.717) is 5.56 Å². The molecule has 4 unspecified atom stereocenters. The van der Waals surface area contributed by atoms with Gasteiger partial charge in [0.2, 0.25) is 17.7 Å². The molecule has 0 spiro atoms. The van der Waals surface area contributed by atoms with Gasteiger partial charge in [0.05, 0.1) is 19.1 Å². The fourth-order valence-corrected chi connectivity index (χ4v) is 3.14. The van der Waals surface area contributed by atoms with Gasteiger partial charge in [-0.1, -0.05) is 12.1 Å². The summed E-state index contributed by atoms with van der Waals surface area (Å²) in [6, 6.07) is -0.197. The van der Waals surface area contributed by atoms with Gasteiger partial charge in [-0.3, -0.25) is 24.2 Å². The molecule has 0 aromatic heterocycles. The summed E-state index contributed by atoms with van der Waals surface area (Å²) in [4.78, 5) is 64.1. The van der Waals surface area contributed by atoms with Crippen LogP contribution in [0.25, 0.3) is 0 Å². The number of aliphatic imine (C=N–C) groups is 1. The molecular formula is C22H33N7O9. The van der Waals surface area contributed by atoms with Gasteiger partial charge in [-0.15, -0.1) is 0 Å². The van der Waals surface area contributed by atoms with E-state index in [1.165, 1.54) is 24.3 Å². The summed E-state index contributed by atoms with van der Waals surface area (Å²) >= 11 is 0. The lowest BCUT2D eigenvalue weighted by atomic mass is 10.0. The Hall–Kier alpha value is -4.44. The number of aromatic hydroxyl groups is 1. The zero-order chi connectivity index (χ0) is 28.8. The average Bonchev–Trinajstić information content (AvgIpc) is 2.84. The van der Waals surface area contributed by atoms with E-state index >= 15 is 0 Å². The third-order valence-corrected chi connectivity index (χ3v) is 5.12. The average molecular weight is 540 g/mol. The van der Waals surface area contributed by atoms with Crippen LogP contribution in [0.2, 0.25) is 0 Å². The Labute approximate surface area is 217 Å². The van der Waals surface area contributed by atoms with Crippen molar-refractivity contribution in [1.82, 2.24) is 16.0 Å². The maximum atomic E-state index is 13.0. The zero-order valence-corrected chi connectivity index (χ0v) is 20.4. The number of phenolic OH excluding ortho intramolecular Hbond substituents is 1. The standard InChI is InChI=1S/C22H33N7O9/c23-13(9-17(32)33)18(34)28-15(8-11-3-5-12(31)6-4-11)19(35)29-16(10-30)20(36)27-14(21(37)38)2-1-7-26-22(24)25/h3-6,13-16,30-31H,1-2,7-10,23H2,(H,27,36)(H,28,34)(H,29,35)(H,32,33)(H,37,38)(H4,24,25,26). The lowest BCUT2D eigenvalue weighted by Crippen LogP contribution is -2.58. The minimum Gasteiger partial charge on any atom is -0.508 e. The van der Waals surface area contributed by atoms with E-state index in [1.54, 1.807) is 0 Å². The van der Waals surface area contributed by atoms with E-state index in [2.05, 4.69) is 20.9 Å². The zero-order valence-electron chi connectivity index (χ0n) is 20.4. The van der Waals surface area contributed by atoms with E-state index in [9.17, 15) is 39.3 Å². The highest BCUT2D eigenvalue weighted by molar-refractivity contribution is 5.95. The van der Waals surface area contributed by atoms with Crippen molar-refractivity contribution in [2.24, 2.45) is 22.2 Å². The van der Waals surface area contributed by atoms with Gasteiger partial charge >= 0.3 is 11.9 Å². The van der Waals surface area contributed by atoms with E-state index in [0.717, 1.165) is 0 Å². The second kappa shape index (κ2) is 15.6. The third-order valence-electron chi connectivity index (χ3n) is 5.12. The topological polar surface area (TPSA) is 293 Å². The summed E-state index contributed by atoms with van der Waals surface area (Å²) in [7, 11) is 0. The highest BCUT2D eigenvalue weighted by Gasteiger charge is 2.30. The molecule has 16 heteroatoms. The molecule has 0 aliphatic heterocycles. The Morgan fingerprint density at radius 2 is 1.42 bits per heavy atom. The van der Waals surface area contributed by atoms with Gasteiger partial charge in [0.1, 0.15) is 23.9 Å². The molecule has 0 aliphatic rings. The lowest BCUT2D eigenvalue weighted by Gasteiger charge is -2.24. The summed E-state index contributed by atoms with van der Waals surface area (Å²) in [5.41, 5.74) is 16.5. The predicted molar refractivity (Wildman–Crippen MR) is 132 cm³/mol. The number of aliphatic carboxylic acids is 2. The van der Waals surface area contributed by atoms with Gasteiger partial charge in [0.25, 0.3) is 0 Å². The number of hydrogen-bond donors (Lipinski definition) is 10. The first-order chi connectivity index (χ1) is 17.8. The molecule has 38 heavy (non-hydrogen) atoms. The van der Waals surface area contributed by atoms with Crippen LogP contribution in [0.3, 0.4) is 0 Å². The number of amides is 3. The van der Waals surface area contributed by atoms with Crippen LogP contribution >= 0.6 is 0 Å². The largest absolute Gasteiger partial charge is 0.508 e. The first-order valence-electron chi connectivity index (χ1n) is 11.4. The van der Waals surface area contributed by atoms with Crippen molar-refractivity contribution in [1.29, 1.82) is 0 Å². The molecule has 4 atom stereocenters. The quantitative estimate of drug-likeness (QED) is 0.0552. The summed E-state index contributed by atoms with van der Waals surface area (Å²) < 4.78 is 0. The number of guanidine groups is 1. The molecule has 0 saturated carbocycles. The van der Waals surface area contributed by atoms with Gasteiger partial charge in [-0.05, 0) is 30.5 Å². The molecule has 1 aromatic rings. The second-order valence-electron chi connectivity index (χ2n) is 8.23. The number of phenols is 1. The fraction of sp³-hybridized carbons (Fsp3) is 0.455. The number of aliphatic hydroxyl groups excluding tert-OH is 1. The van der Waals surface area contributed by atoms with Crippen LogP contribution in [0.15, 0.2) is 29.3 Å². The molecule has 0 saturated heterocycles. The number of nitrogens with one attached hydrogen (secondary N) is 3. The van der Waals surface area contributed by atoms with Crippen molar-refractivity contribution in [3.63, 3.8) is 0 Å². The number of carbonyl (C=O) groups is 5. The molecule has 0 aliphatic carbocycles. The maximum Gasteiger partial charge on any atom is 0.326 e. The number of carboxylic acid groups (broad SMARTS) is 2. The van der Waals surface area contributed by atoms with Crippen LogP contribution in [-0.4, -0.2) is 93.4 Å². The van der Waals surface area contributed by atoms with Gasteiger partial charge in [0.15, 0.2) is 5.96 Å². The number of hydrogen-bond acceptors (Lipinski definition) is 9. The molecule has 0 fully saturated rings.